The second-order valence-corrected chi connectivity index (χ2v) is 9.02. The fourth-order valence-corrected chi connectivity index (χ4v) is 4.50. The van der Waals surface area contributed by atoms with Crippen LogP contribution in [-0.4, -0.2) is 43.3 Å². The summed E-state index contributed by atoms with van der Waals surface area (Å²) in [6.45, 7) is 2.85. The summed E-state index contributed by atoms with van der Waals surface area (Å²) in [7, 11) is 0. The van der Waals surface area contributed by atoms with Crippen molar-refractivity contribution in [1.29, 1.82) is 5.26 Å². The number of ether oxygens (including phenoxy) is 2. The minimum atomic E-state index is -0.218. The Labute approximate surface area is 215 Å². The number of nitriles is 1. The monoisotopic (exact) mass is 493 g/mol. The molecule has 1 aromatic heterocycles. The van der Waals surface area contributed by atoms with Gasteiger partial charge in [0.25, 0.3) is 0 Å². The van der Waals surface area contributed by atoms with E-state index >= 15 is 0 Å². The van der Waals surface area contributed by atoms with Crippen molar-refractivity contribution in [2.45, 2.75) is 25.4 Å². The molecule has 0 bridgehead atoms. The molecule has 3 N–H and O–H groups in total. The molecular weight excluding hydrogens is 466 g/mol. The van der Waals surface area contributed by atoms with Crippen molar-refractivity contribution < 1.29 is 14.3 Å². The maximum atomic E-state index is 13.0. The molecule has 0 spiro atoms. The normalized spacial score (nSPS) is 17.0. The molecule has 5 rings (SSSR count). The van der Waals surface area contributed by atoms with Crippen LogP contribution in [0.5, 0.6) is 5.75 Å². The first-order valence-corrected chi connectivity index (χ1v) is 12.3. The number of nitrogens with zero attached hydrogens (tertiary/aromatic N) is 2. The summed E-state index contributed by atoms with van der Waals surface area (Å²) in [6, 6.07) is 13.2. The lowest BCUT2D eigenvalue weighted by Crippen LogP contribution is -2.24. The highest BCUT2D eigenvalue weighted by molar-refractivity contribution is 6.05. The number of pyridine rings is 1. The number of rotatable bonds is 6. The van der Waals surface area contributed by atoms with Crippen LogP contribution in [0.15, 0.2) is 54.2 Å². The molecule has 2 aliphatic rings. The predicted octanol–water partition coefficient (Wildman–Crippen LogP) is 4.25. The minimum Gasteiger partial charge on any atom is -0.486 e. The second-order valence-electron chi connectivity index (χ2n) is 9.02. The highest BCUT2D eigenvalue weighted by atomic mass is 16.5. The van der Waals surface area contributed by atoms with Crippen LogP contribution in [0.1, 0.15) is 30.4 Å². The Hall–Kier alpha value is -4.37. The summed E-state index contributed by atoms with van der Waals surface area (Å²) in [5.74, 6) is 2.92. The van der Waals surface area contributed by atoms with Gasteiger partial charge < -0.3 is 25.4 Å². The molecule has 1 unspecified atom stereocenters. The average molecular weight is 494 g/mol. The van der Waals surface area contributed by atoms with Gasteiger partial charge >= 0.3 is 0 Å². The van der Waals surface area contributed by atoms with Crippen molar-refractivity contribution in [3.63, 3.8) is 0 Å². The van der Waals surface area contributed by atoms with Gasteiger partial charge in [-0.3, -0.25) is 9.78 Å². The lowest BCUT2D eigenvalue weighted by atomic mass is 10.0. The van der Waals surface area contributed by atoms with Gasteiger partial charge in [-0.05, 0) is 50.2 Å². The van der Waals surface area contributed by atoms with Gasteiger partial charge in [-0.15, -0.1) is 6.42 Å². The van der Waals surface area contributed by atoms with E-state index in [2.05, 4.69) is 32.9 Å². The Morgan fingerprint density at radius 2 is 2.14 bits per heavy atom. The van der Waals surface area contributed by atoms with E-state index in [9.17, 15) is 10.1 Å². The number of hydrogen-bond donors (Lipinski definition) is 3. The number of nitrogens with one attached hydrogen (secondary N) is 3. The predicted molar refractivity (Wildman–Crippen MR) is 143 cm³/mol. The van der Waals surface area contributed by atoms with Gasteiger partial charge in [0.1, 0.15) is 17.9 Å². The fraction of sp³-hybridized carbons (Fsp3) is 0.276. The van der Waals surface area contributed by atoms with E-state index < -0.39 is 0 Å². The zero-order valence-electron chi connectivity index (χ0n) is 20.3. The number of amides is 1. The Balaban J connectivity index is 1.56. The number of fused-ring (bicyclic) bond motifs is 1. The molecule has 1 amide bonds. The van der Waals surface area contributed by atoms with Gasteiger partial charge in [-0.25, -0.2) is 0 Å². The number of aromatic nitrogens is 1. The molecule has 0 aliphatic carbocycles. The van der Waals surface area contributed by atoms with Crippen LogP contribution in [0.2, 0.25) is 0 Å². The van der Waals surface area contributed by atoms with Gasteiger partial charge in [0, 0.05) is 41.4 Å². The number of carbonyl (C=O) groups is 1. The number of piperidine rings is 1. The maximum absolute atomic E-state index is 13.0. The Bertz CT molecular complexity index is 1440. The lowest BCUT2D eigenvalue weighted by Gasteiger charge is -2.19. The maximum Gasteiger partial charge on any atom is 0.248 e. The standard InChI is InChI=1S/C29H27N5O3/c1-2-19-4-3-5-22(12-19)33-29-21(16-30)17-32-25-15-27(37-23-8-11-36-18-23)26(14-24(25)29)34-28(35)13-20-6-9-31-10-7-20/h1,3-5,12-15,17,23,31H,6-11,18H2,(H,32,33)(H,34,35). The van der Waals surface area contributed by atoms with Crippen molar-refractivity contribution in [2.24, 2.45) is 0 Å². The highest BCUT2D eigenvalue weighted by Gasteiger charge is 2.21. The van der Waals surface area contributed by atoms with Gasteiger partial charge in [0.05, 0.1) is 35.7 Å². The largest absolute Gasteiger partial charge is 0.486 e. The molecule has 37 heavy (non-hydrogen) atoms. The summed E-state index contributed by atoms with van der Waals surface area (Å²) in [4.78, 5) is 17.5. The van der Waals surface area contributed by atoms with E-state index in [1.807, 2.05) is 24.3 Å². The average Bonchev–Trinajstić information content (AvgIpc) is 3.43. The SMILES string of the molecule is C#Cc1cccc(Nc2c(C#N)cnc3cc(OC4CCOC4)c(NC(=O)C=C4CCNCC4)cc23)c1. The van der Waals surface area contributed by atoms with Crippen molar-refractivity contribution in [2.75, 3.05) is 36.9 Å². The van der Waals surface area contributed by atoms with E-state index in [-0.39, 0.29) is 12.0 Å². The van der Waals surface area contributed by atoms with Crippen LogP contribution in [-0.2, 0) is 9.53 Å². The number of anilines is 3. The molecule has 0 radical (unpaired) electrons. The summed E-state index contributed by atoms with van der Waals surface area (Å²) >= 11 is 0. The topological polar surface area (TPSA) is 108 Å². The summed E-state index contributed by atoms with van der Waals surface area (Å²) in [6.07, 6.45) is 11.1. The number of terminal acetylenes is 1. The summed E-state index contributed by atoms with van der Waals surface area (Å²) < 4.78 is 11.7. The highest BCUT2D eigenvalue weighted by Crippen LogP contribution is 2.37. The molecule has 0 saturated carbocycles. The van der Waals surface area contributed by atoms with Crippen LogP contribution in [0, 0.1) is 23.7 Å². The number of carbonyl (C=O) groups excluding carboxylic acids is 1. The van der Waals surface area contributed by atoms with Crippen LogP contribution in [0.4, 0.5) is 17.1 Å². The van der Waals surface area contributed by atoms with Crippen LogP contribution >= 0.6 is 0 Å². The van der Waals surface area contributed by atoms with Crippen LogP contribution in [0.25, 0.3) is 10.9 Å². The fourth-order valence-electron chi connectivity index (χ4n) is 4.50. The van der Waals surface area contributed by atoms with Gasteiger partial charge in [0.15, 0.2) is 0 Å². The Morgan fingerprint density at radius 3 is 2.89 bits per heavy atom. The van der Waals surface area contributed by atoms with E-state index in [4.69, 9.17) is 15.9 Å². The van der Waals surface area contributed by atoms with Crippen LogP contribution in [0.3, 0.4) is 0 Å². The third-order valence-corrected chi connectivity index (χ3v) is 6.41. The summed E-state index contributed by atoms with van der Waals surface area (Å²) in [5.41, 5.74) is 4.63. The molecule has 186 valence electrons. The molecule has 3 aromatic rings. The minimum absolute atomic E-state index is 0.113. The van der Waals surface area contributed by atoms with Crippen molar-refractivity contribution >= 4 is 33.9 Å². The van der Waals surface area contributed by atoms with E-state index in [1.165, 1.54) is 6.20 Å². The molecule has 2 fully saturated rings. The van der Waals surface area contributed by atoms with Crippen molar-refractivity contribution in [3.05, 3.63) is 65.4 Å². The molecule has 2 saturated heterocycles. The van der Waals surface area contributed by atoms with Gasteiger partial charge in [0.2, 0.25) is 5.91 Å². The molecular formula is C29H27N5O3. The third-order valence-electron chi connectivity index (χ3n) is 6.41. The number of benzene rings is 2. The zero-order chi connectivity index (χ0) is 25.6. The molecule has 2 aliphatic heterocycles. The smallest absolute Gasteiger partial charge is 0.248 e. The Kier molecular flexibility index (Phi) is 7.32. The van der Waals surface area contributed by atoms with Crippen molar-refractivity contribution in [3.8, 4) is 24.2 Å². The van der Waals surface area contributed by atoms with E-state index in [1.54, 1.807) is 18.2 Å². The summed E-state index contributed by atoms with van der Waals surface area (Å²) in [5, 5.41) is 20.1. The molecule has 8 nitrogen and oxygen atoms in total. The molecule has 1 atom stereocenters. The first-order chi connectivity index (χ1) is 18.1. The molecule has 2 aromatic carbocycles. The van der Waals surface area contributed by atoms with Gasteiger partial charge in [-0.2, -0.15) is 5.26 Å². The first-order valence-electron chi connectivity index (χ1n) is 12.3. The van der Waals surface area contributed by atoms with E-state index in [0.29, 0.717) is 46.8 Å². The second kappa shape index (κ2) is 11.1. The number of hydrogen-bond acceptors (Lipinski definition) is 7. The quantitative estimate of drug-likeness (QED) is 0.348. The van der Waals surface area contributed by atoms with Gasteiger partial charge in [-0.1, -0.05) is 17.6 Å². The van der Waals surface area contributed by atoms with Crippen LogP contribution < -0.4 is 20.7 Å². The van der Waals surface area contributed by atoms with E-state index in [0.717, 1.165) is 49.2 Å². The molecule has 8 heteroatoms. The van der Waals surface area contributed by atoms with Crippen molar-refractivity contribution in [1.82, 2.24) is 10.3 Å². The zero-order valence-corrected chi connectivity index (χ0v) is 20.3. The lowest BCUT2D eigenvalue weighted by molar-refractivity contribution is -0.112. The Morgan fingerprint density at radius 1 is 1.27 bits per heavy atom. The first kappa shape index (κ1) is 24.3. The molecule has 3 heterocycles. The third kappa shape index (κ3) is 5.73.